The minimum Gasteiger partial charge on any atom is -0.437 e. The van der Waals surface area contributed by atoms with Crippen molar-refractivity contribution in [3.8, 4) is 0 Å². The van der Waals surface area contributed by atoms with E-state index in [2.05, 4.69) is 27.0 Å². The van der Waals surface area contributed by atoms with Crippen LogP contribution in [0.2, 0.25) is 0 Å². The summed E-state index contributed by atoms with van der Waals surface area (Å²) >= 11 is 1.72. The molecule has 24 heavy (non-hydrogen) atoms. The largest absolute Gasteiger partial charge is 0.437 e. The summed E-state index contributed by atoms with van der Waals surface area (Å²) in [6.07, 6.45) is 1.55. The molecule has 7 heteroatoms. The summed E-state index contributed by atoms with van der Waals surface area (Å²) in [5.74, 6) is 2.43. The fourth-order valence-electron chi connectivity index (χ4n) is 3.07. The Balaban J connectivity index is 1.38. The molecule has 0 N–H and O–H groups in total. The molecule has 0 unspecified atom stereocenters. The van der Waals surface area contributed by atoms with E-state index in [0.717, 1.165) is 17.4 Å². The van der Waals surface area contributed by atoms with Crippen LogP contribution in [0, 0.1) is 0 Å². The van der Waals surface area contributed by atoms with Gasteiger partial charge in [0.25, 0.3) is 0 Å². The van der Waals surface area contributed by atoms with Crippen LogP contribution >= 0.6 is 11.8 Å². The van der Waals surface area contributed by atoms with Gasteiger partial charge in [-0.05, 0) is 18.2 Å². The third-order valence-electron chi connectivity index (χ3n) is 4.22. The molecule has 2 saturated heterocycles. The Morgan fingerprint density at radius 3 is 2.71 bits per heavy atom. The molecule has 0 radical (unpaired) electrons. The van der Waals surface area contributed by atoms with Gasteiger partial charge in [0.15, 0.2) is 5.60 Å². The number of thioether (sulfide) groups is 1. The summed E-state index contributed by atoms with van der Waals surface area (Å²) in [5.41, 5.74) is -0.365. The summed E-state index contributed by atoms with van der Waals surface area (Å²) in [4.78, 5) is 25.5. The molecule has 1 aromatic carbocycles. The predicted molar refractivity (Wildman–Crippen MR) is 92.1 cm³/mol. The van der Waals surface area contributed by atoms with E-state index < -0.39 is 0 Å². The smallest absolute Gasteiger partial charge is 0.410 e. The highest BCUT2D eigenvalue weighted by molar-refractivity contribution is 7.98. The molecule has 0 saturated carbocycles. The van der Waals surface area contributed by atoms with Crippen molar-refractivity contribution in [2.24, 2.45) is 0 Å². The highest BCUT2D eigenvalue weighted by Gasteiger charge is 2.53. The van der Waals surface area contributed by atoms with Crippen LogP contribution in [-0.4, -0.2) is 53.2 Å². The summed E-state index contributed by atoms with van der Waals surface area (Å²) < 4.78 is 5.48. The highest BCUT2D eigenvalue weighted by Crippen LogP contribution is 2.34. The van der Waals surface area contributed by atoms with Crippen LogP contribution in [0.25, 0.3) is 0 Å². The van der Waals surface area contributed by atoms with Gasteiger partial charge in [-0.1, -0.05) is 18.2 Å². The first kappa shape index (κ1) is 15.3. The molecule has 2 aliphatic rings. The molecule has 0 bridgehead atoms. The number of hydrogen-bond acceptors (Lipinski definition) is 6. The van der Waals surface area contributed by atoms with E-state index in [4.69, 9.17) is 4.74 Å². The topological polar surface area (TPSA) is 58.6 Å². The monoisotopic (exact) mass is 342 g/mol. The van der Waals surface area contributed by atoms with Crippen molar-refractivity contribution in [3.63, 3.8) is 0 Å². The van der Waals surface area contributed by atoms with E-state index in [1.54, 1.807) is 29.9 Å². The lowest BCUT2D eigenvalue weighted by molar-refractivity contribution is 0.0328. The zero-order valence-corrected chi connectivity index (χ0v) is 14.2. The number of nitrogens with zero attached hydrogens (tertiary/aromatic N) is 4. The van der Waals surface area contributed by atoms with E-state index in [1.165, 1.54) is 4.90 Å². The molecule has 4 rings (SSSR count). The van der Waals surface area contributed by atoms with Crippen molar-refractivity contribution < 1.29 is 9.53 Å². The molecule has 2 fully saturated rings. The van der Waals surface area contributed by atoms with Gasteiger partial charge < -0.3 is 14.5 Å². The van der Waals surface area contributed by atoms with Crippen LogP contribution in [-0.2, 0) is 10.5 Å². The average Bonchev–Trinajstić information content (AvgIpc) is 2.88. The summed E-state index contributed by atoms with van der Waals surface area (Å²) in [6.45, 7) is 2.01. The molecular formula is C17H18N4O2S. The molecule has 1 aromatic heterocycles. The number of amides is 1. The third kappa shape index (κ3) is 2.91. The number of hydrogen-bond donors (Lipinski definition) is 0. The van der Waals surface area contributed by atoms with E-state index >= 15 is 0 Å². The number of aromatic nitrogens is 2. The standard InChI is InChI=1S/C17H18N4O2S/c1-20-10-17(23-16(20)22)11-21(12-17)15-7-8-18-14(19-15)9-24-13-5-3-2-4-6-13/h2-8H,9-12H2,1H3. The van der Waals surface area contributed by atoms with E-state index in [1.807, 2.05) is 24.3 Å². The number of benzene rings is 1. The van der Waals surface area contributed by atoms with Crippen LogP contribution in [0.1, 0.15) is 5.82 Å². The fourth-order valence-corrected chi connectivity index (χ4v) is 3.85. The summed E-state index contributed by atoms with van der Waals surface area (Å²) in [5, 5.41) is 0. The van der Waals surface area contributed by atoms with Gasteiger partial charge in [-0.2, -0.15) is 0 Å². The normalized spacial score (nSPS) is 18.6. The van der Waals surface area contributed by atoms with Crippen molar-refractivity contribution in [2.75, 3.05) is 31.6 Å². The second kappa shape index (κ2) is 5.98. The number of rotatable bonds is 4. The third-order valence-corrected chi connectivity index (χ3v) is 5.23. The Kier molecular flexibility index (Phi) is 3.80. The van der Waals surface area contributed by atoms with Gasteiger partial charge in [0, 0.05) is 18.1 Å². The highest BCUT2D eigenvalue weighted by atomic mass is 32.2. The lowest BCUT2D eigenvalue weighted by Gasteiger charge is -2.46. The van der Waals surface area contributed by atoms with Crippen molar-refractivity contribution in [1.82, 2.24) is 14.9 Å². The Labute approximate surface area is 144 Å². The fraction of sp³-hybridized carbons (Fsp3) is 0.353. The maximum atomic E-state index is 11.6. The van der Waals surface area contributed by atoms with Gasteiger partial charge in [-0.25, -0.2) is 14.8 Å². The molecule has 2 aliphatic heterocycles. The molecule has 2 aromatic rings. The van der Waals surface area contributed by atoms with Crippen molar-refractivity contribution in [3.05, 3.63) is 48.4 Å². The molecule has 0 atom stereocenters. The second-order valence-electron chi connectivity index (χ2n) is 6.20. The Hall–Kier alpha value is -2.28. The summed E-state index contributed by atoms with van der Waals surface area (Å²) in [7, 11) is 1.77. The molecule has 0 aliphatic carbocycles. The first-order chi connectivity index (χ1) is 11.6. The van der Waals surface area contributed by atoms with Gasteiger partial charge >= 0.3 is 6.09 Å². The quantitative estimate of drug-likeness (QED) is 0.795. The van der Waals surface area contributed by atoms with Gasteiger partial charge in [0.1, 0.15) is 11.6 Å². The number of carbonyl (C=O) groups is 1. The molecule has 3 heterocycles. The number of anilines is 1. The SMILES string of the molecule is CN1CC2(CN(c3ccnc(CSc4ccccc4)n3)C2)OC1=O. The van der Waals surface area contributed by atoms with Crippen LogP contribution < -0.4 is 4.90 Å². The Bertz CT molecular complexity index is 749. The molecule has 1 spiro atoms. The maximum Gasteiger partial charge on any atom is 0.410 e. The Morgan fingerprint density at radius 1 is 1.21 bits per heavy atom. The first-order valence-electron chi connectivity index (χ1n) is 7.82. The van der Waals surface area contributed by atoms with Crippen LogP contribution in [0.15, 0.2) is 47.5 Å². The van der Waals surface area contributed by atoms with Crippen LogP contribution in [0.5, 0.6) is 0 Å². The van der Waals surface area contributed by atoms with E-state index in [0.29, 0.717) is 19.6 Å². The Morgan fingerprint density at radius 2 is 2.00 bits per heavy atom. The van der Waals surface area contributed by atoms with Crippen LogP contribution in [0.3, 0.4) is 0 Å². The van der Waals surface area contributed by atoms with Crippen molar-refractivity contribution in [1.29, 1.82) is 0 Å². The lowest BCUT2D eigenvalue weighted by Crippen LogP contribution is -2.64. The van der Waals surface area contributed by atoms with Crippen LogP contribution in [0.4, 0.5) is 10.6 Å². The average molecular weight is 342 g/mol. The number of likely N-dealkylation sites (N-methyl/N-ethyl adjacent to an activating group) is 1. The summed E-state index contributed by atoms with van der Waals surface area (Å²) in [6, 6.07) is 12.1. The zero-order chi connectivity index (χ0) is 16.6. The number of carbonyl (C=O) groups excluding carboxylic acids is 1. The molecule has 6 nitrogen and oxygen atoms in total. The molecular weight excluding hydrogens is 324 g/mol. The zero-order valence-electron chi connectivity index (χ0n) is 13.4. The van der Waals surface area contributed by atoms with E-state index in [-0.39, 0.29) is 11.7 Å². The van der Waals surface area contributed by atoms with Gasteiger partial charge in [-0.15, -0.1) is 11.8 Å². The second-order valence-corrected chi connectivity index (χ2v) is 7.24. The van der Waals surface area contributed by atoms with Gasteiger partial charge in [0.2, 0.25) is 0 Å². The van der Waals surface area contributed by atoms with Crippen molar-refractivity contribution in [2.45, 2.75) is 16.2 Å². The van der Waals surface area contributed by atoms with Gasteiger partial charge in [-0.3, -0.25) is 0 Å². The van der Waals surface area contributed by atoms with Gasteiger partial charge in [0.05, 0.1) is 25.4 Å². The number of ether oxygens (including phenoxy) is 1. The minimum atomic E-state index is -0.365. The van der Waals surface area contributed by atoms with E-state index in [9.17, 15) is 4.79 Å². The minimum absolute atomic E-state index is 0.239. The lowest BCUT2D eigenvalue weighted by atomic mass is 9.94. The predicted octanol–water partition coefficient (Wildman–Crippen LogP) is 2.41. The first-order valence-corrected chi connectivity index (χ1v) is 8.81. The molecule has 1 amide bonds. The maximum absolute atomic E-state index is 11.6. The van der Waals surface area contributed by atoms with Crippen molar-refractivity contribution >= 4 is 23.7 Å². The molecule has 124 valence electrons.